The zero-order chi connectivity index (χ0) is 22.8. The molecule has 1 saturated heterocycles. The highest BCUT2D eigenvalue weighted by Crippen LogP contribution is 2.39. The van der Waals surface area contributed by atoms with E-state index in [9.17, 15) is 31.4 Å². The molecule has 1 fully saturated rings. The van der Waals surface area contributed by atoms with Crippen molar-refractivity contribution in [2.45, 2.75) is 24.9 Å². The number of halogens is 6. The Balaban J connectivity index is 1.96. The summed E-state index contributed by atoms with van der Waals surface area (Å²) in [5, 5.41) is 19.7. The second-order valence-corrected chi connectivity index (χ2v) is 7.53. The average Bonchev–Trinajstić information content (AvgIpc) is 2.90. The van der Waals surface area contributed by atoms with Crippen molar-refractivity contribution in [2.75, 3.05) is 45.9 Å². The number of hydrogen-bond acceptors (Lipinski definition) is 5. The molecule has 3 rings (SSSR count). The van der Waals surface area contributed by atoms with Gasteiger partial charge in [-0.05, 0) is 37.2 Å². The lowest BCUT2D eigenvalue weighted by Gasteiger charge is -2.25. The van der Waals surface area contributed by atoms with Crippen LogP contribution in [0.4, 0.5) is 26.3 Å². The van der Waals surface area contributed by atoms with Crippen LogP contribution in [0.15, 0.2) is 24.3 Å². The van der Waals surface area contributed by atoms with E-state index in [2.05, 4.69) is 4.98 Å². The number of β-amino-alcohol motifs (C(OH)–C–C–N with tert-alkyl or cyclic N) is 2. The molecule has 1 aromatic carbocycles. The zero-order valence-electron chi connectivity index (χ0n) is 16.5. The van der Waals surface area contributed by atoms with Gasteiger partial charge >= 0.3 is 12.4 Å². The van der Waals surface area contributed by atoms with Gasteiger partial charge in [0.1, 0.15) is 5.69 Å². The third-order valence-electron chi connectivity index (χ3n) is 5.35. The van der Waals surface area contributed by atoms with Crippen LogP contribution in [0.2, 0.25) is 0 Å². The first-order valence-electron chi connectivity index (χ1n) is 9.82. The normalized spacial score (nSPS) is 18.3. The molecule has 172 valence electrons. The van der Waals surface area contributed by atoms with E-state index in [0.29, 0.717) is 38.3 Å². The molecule has 0 saturated carbocycles. The maximum atomic E-state index is 13.4. The maximum Gasteiger partial charge on any atom is 0.433 e. The van der Waals surface area contributed by atoms with Crippen molar-refractivity contribution in [3.8, 4) is 0 Å². The molecule has 1 aliphatic heterocycles. The number of alkyl halides is 6. The van der Waals surface area contributed by atoms with Gasteiger partial charge in [-0.1, -0.05) is 12.1 Å². The lowest BCUT2D eigenvalue weighted by molar-refractivity contribution is -0.142. The fraction of sp³-hybridized carbons (Fsp3) is 0.550. The van der Waals surface area contributed by atoms with E-state index < -0.39 is 35.2 Å². The summed E-state index contributed by atoms with van der Waals surface area (Å²) in [7, 11) is 0. The molecule has 0 aliphatic carbocycles. The summed E-state index contributed by atoms with van der Waals surface area (Å²) in [6.07, 6.45) is -10.6. The summed E-state index contributed by atoms with van der Waals surface area (Å²) in [6, 6.07) is 3.63. The van der Waals surface area contributed by atoms with Crippen molar-refractivity contribution < 1.29 is 36.6 Å². The highest BCUT2D eigenvalue weighted by atomic mass is 19.4. The lowest BCUT2D eigenvalue weighted by atomic mass is 9.99. The number of benzene rings is 1. The Bertz CT molecular complexity index is 903. The Morgan fingerprint density at radius 1 is 0.968 bits per heavy atom. The summed E-state index contributed by atoms with van der Waals surface area (Å²) in [6.45, 7) is 2.91. The van der Waals surface area contributed by atoms with Crippen molar-refractivity contribution >= 4 is 10.9 Å². The molecule has 0 spiro atoms. The van der Waals surface area contributed by atoms with E-state index in [-0.39, 0.29) is 24.1 Å². The molecule has 0 bridgehead atoms. The number of aliphatic hydroxyl groups excluding tert-OH is 2. The fourth-order valence-corrected chi connectivity index (χ4v) is 3.84. The molecule has 2 N–H and O–H groups in total. The van der Waals surface area contributed by atoms with E-state index in [1.165, 1.54) is 6.07 Å². The predicted molar refractivity (Wildman–Crippen MR) is 101 cm³/mol. The number of hydrogen-bond donors (Lipinski definition) is 2. The third kappa shape index (κ3) is 5.65. The summed E-state index contributed by atoms with van der Waals surface area (Å²) < 4.78 is 80.2. The van der Waals surface area contributed by atoms with Gasteiger partial charge < -0.3 is 10.2 Å². The summed E-state index contributed by atoms with van der Waals surface area (Å²) in [5.74, 6) is 0. The Morgan fingerprint density at radius 3 is 2.29 bits per heavy atom. The van der Waals surface area contributed by atoms with Crippen LogP contribution in [0, 0.1) is 0 Å². The van der Waals surface area contributed by atoms with Crippen LogP contribution in [0.3, 0.4) is 0 Å². The van der Waals surface area contributed by atoms with Gasteiger partial charge in [0.2, 0.25) is 0 Å². The van der Waals surface area contributed by atoms with Crippen LogP contribution in [0.1, 0.15) is 29.3 Å². The first-order chi connectivity index (χ1) is 14.5. The van der Waals surface area contributed by atoms with Crippen molar-refractivity contribution in [1.82, 2.24) is 14.8 Å². The quantitative estimate of drug-likeness (QED) is 0.684. The van der Waals surface area contributed by atoms with Gasteiger partial charge in [0.25, 0.3) is 0 Å². The SMILES string of the molecule is OCCN1CCCN(CC(O)c2cc(C(F)(F)F)nc3c(C(F)(F)F)cccc23)CC1. The second-order valence-electron chi connectivity index (χ2n) is 7.53. The van der Waals surface area contributed by atoms with Crippen LogP contribution in [-0.4, -0.2) is 70.9 Å². The first kappa shape index (κ1) is 23.7. The standard InChI is InChI=1S/C20H23F6N3O2/c21-19(22,23)15-4-1-3-13-14(11-17(20(24,25)26)27-18(13)15)16(31)12-29-6-2-5-28(7-8-29)9-10-30/h1,3-4,11,16,30-31H,2,5-10,12H2. The highest BCUT2D eigenvalue weighted by molar-refractivity contribution is 5.86. The maximum absolute atomic E-state index is 13.4. The minimum absolute atomic E-state index is 0.00733. The van der Waals surface area contributed by atoms with Gasteiger partial charge in [-0.3, -0.25) is 9.80 Å². The smallest absolute Gasteiger partial charge is 0.395 e. The van der Waals surface area contributed by atoms with E-state index in [1.807, 2.05) is 9.80 Å². The van der Waals surface area contributed by atoms with Gasteiger partial charge in [0.05, 0.1) is 23.8 Å². The van der Waals surface area contributed by atoms with Crippen LogP contribution in [0.25, 0.3) is 10.9 Å². The fourth-order valence-electron chi connectivity index (χ4n) is 3.84. The minimum Gasteiger partial charge on any atom is -0.395 e. The molecule has 1 aromatic heterocycles. The van der Waals surface area contributed by atoms with Gasteiger partial charge in [-0.15, -0.1) is 0 Å². The predicted octanol–water partition coefficient (Wildman–Crippen LogP) is 3.31. The van der Waals surface area contributed by atoms with E-state index in [0.717, 1.165) is 19.0 Å². The van der Waals surface area contributed by atoms with E-state index in [1.54, 1.807) is 0 Å². The molecular weight excluding hydrogens is 428 g/mol. The van der Waals surface area contributed by atoms with E-state index in [4.69, 9.17) is 5.11 Å². The number of para-hydroxylation sites is 1. The minimum atomic E-state index is -4.96. The van der Waals surface area contributed by atoms with Crippen molar-refractivity contribution in [3.63, 3.8) is 0 Å². The Labute approximate surface area is 174 Å². The van der Waals surface area contributed by atoms with Crippen molar-refractivity contribution in [2.24, 2.45) is 0 Å². The zero-order valence-corrected chi connectivity index (χ0v) is 16.5. The molecular formula is C20H23F6N3O2. The van der Waals surface area contributed by atoms with Gasteiger partial charge in [-0.25, -0.2) is 4.98 Å². The molecule has 11 heteroatoms. The molecule has 1 aliphatic rings. The number of rotatable bonds is 5. The van der Waals surface area contributed by atoms with Gasteiger partial charge in [0.15, 0.2) is 0 Å². The lowest BCUT2D eigenvalue weighted by Crippen LogP contribution is -2.34. The summed E-state index contributed by atoms with van der Waals surface area (Å²) in [4.78, 5) is 7.14. The number of aliphatic hydroxyl groups is 2. The van der Waals surface area contributed by atoms with Crippen molar-refractivity contribution in [1.29, 1.82) is 0 Å². The Hall–Kier alpha value is -1.95. The number of nitrogens with zero attached hydrogens (tertiary/aromatic N) is 3. The average molecular weight is 451 g/mol. The molecule has 1 unspecified atom stereocenters. The summed E-state index contributed by atoms with van der Waals surface area (Å²) >= 11 is 0. The molecule has 1 atom stereocenters. The van der Waals surface area contributed by atoms with Crippen LogP contribution >= 0.6 is 0 Å². The van der Waals surface area contributed by atoms with E-state index >= 15 is 0 Å². The first-order valence-corrected chi connectivity index (χ1v) is 9.82. The molecule has 2 heterocycles. The number of aromatic nitrogens is 1. The molecule has 5 nitrogen and oxygen atoms in total. The van der Waals surface area contributed by atoms with Gasteiger partial charge in [0, 0.05) is 31.6 Å². The largest absolute Gasteiger partial charge is 0.433 e. The van der Waals surface area contributed by atoms with Crippen LogP contribution < -0.4 is 0 Å². The highest BCUT2D eigenvalue weighted by Gasteiger charge is 2.38. The topological polar surface area (TPSA) is 59.8 Å². The Kier molecular flexibility index (Phi) is 7.09. The molecule has 0 amide bonds. The van der Waals surface area contributed by atoms with Gasteiger partial charge in [-0.2, -0.15) is 26.3 Å². The Morgan fingerprint density at radius 2 is 1.65 bits per heavy atom. The second kappa shape index (κ2) is 9.27. The van der Waals surface area contributed by atoms with Crippen LogP contribution in [-0.2, 0) is 12.4 Å². The monoisotopic (exact) mass is 451 g/mol. The third-order valence-corrected chi connectivity index (χ3v) is 5.35. The molecule has 2 aromatic rings. The summed E-state index contributed by atoms with van der Waals surface area (Å²) in [5.41, 5.74) is -3.82. The molecule has 0 radical (unpaired) electrons. The molecule has 31 heavy (non-hydrogen) atoms. The van der Waals surface area contributed by atoms with Crippen molar-refractivity contribution in [3.05, 3.63) is 41.1 Å². The number of pyridine rings is 1. The van der Waals surface area contributed by atoms with Crippen LogP contribution in [0.5, 0.6) is 0 Å². The number of fused-ring (bicyclic) bond motifs is 1.